The molecule has 0 spiro atoms. The fraction of sp³-hybridized carbons (Fsp3) is 0.429. The summed E-state index contributed by atoms with van der Waals surface area (Å²) in [5.41, 5.74) is 0.626. The highest BCUT2D eigenvalue weighted by Crippen LogP contribution is 2.33. The lowest BCUT2D eigenvalue weighted by Crippen LogP contribution is -2.16. The minimum absolute atomic E-state index is 0.0663. The second-order valence-corrected chi connectivity index (χ2v) is 4.64. The van der Waals surface area contributed by atoms with E-state index in [9.17, 15) is 19.8 Å². The van der Waals surface area contributed by atoms with Crippen LogP contribution in [0.1, 0.15) is 59.4 Å². The number of carboxylic acids is 2. The molecule has 0 saturated heterocycles. The third kappa shape index (κ3) is 2.70. The molecule has 1 unspecified atom stereocenters. The van der Waals surface area contributed by atoms with E-state index < -0.39 is 11.9 Å². The molecule has 0 aliphatic heterocycles. The molecule has 0 aliphatic carbocycles. The van der Waals surface area contributed by atoms with E-state index in [1.807, 2.05) is 20.8 Å². The largest absolute Gasteiger partial charge is 0.478 e. The van der Waals surface area contributed by atoms with Crippen LogP contribution >= 0.6 is 0 Å². The quantitative estimate of drug-likeness (QED) is 0.841. The summed E-state index contributed by atoms with van der Waals surface area (Å²) in [6, 6.07) is 4.41. The van der Waals surface area contributed by atoms with Crippen LogP contribution in [-0.2, 0) is 0 Å². The van der Waals surface area contributed by atoms with Gasteiger partial charge in [-0.2, -0.15) is 0 Å². The van der Waals surface area contributed by atoms with E-state index >= 15 is 0 Å². The van der Waals surface area contributed by atoms with Gasteiger partial charge in [0.2, 0.25) is 0 Å². The first-order valence-corrected chi connectivity index (χ1v) is 5.99. The molecule has 0 fully saturated rings. The van der Waals surface area contributed by atoms with Gasteiger partial charge in [0.1, 0.15) is 0 Å². The molecular weight excluding hydrogens is 232 g/mol. The van der Waals surface area contributed by atoms with Crippen molar-refractivity contribution < 1.29 is 19.8 Å². The minimum atomic E-state index is -1.08. The van der Waals surface area contributed by atoms with Gasteiger partial charge in [0.15, 0.2) is 0 Å². The van der Waals surface area contributed by atoms with Crippen LogP contribution in [0, 0.1) is 5.92 Å². The molecule has 0 aliphatic rings. The molecule has 18 heavy (non-hydrogen) atoms. The maximum Gasteiger partial charge on any atom is 0.335 e. The highest BCUT2D eigenvalue weighted by Gasteiger charge is 2.25. The summed E-state index contributed by atoms with van der Waals surface area (Å²) < 4.78 is 0. The van der Waals surface area contributed by atoms with Gasteiger partial charge in [0.25, 0.3) is 0 Å². The van der Waals surface area contributed by atoms with Crippen LogP contribution < -0.4 is 0 Å². The molecule has 0 amide bonds. The smallest absolute Gasteiger partial charge is 0.335 e. The Hall–Kier alpha value is -1.84. The molecule has 1 aromatic carbocycles. The maximum atomic E-state index is 11.2. The van der Waals surface area contributed by atoms with E-state index in [4.69, 9.17) is 0 Å². The number of hydrogen-bond donors (Lipinski definition) is 2. The Morgan fingerprint density at radius 1 is 1.11 bits per heavy atom. The van der Waals surface area contributed by atoms with Crippen molar-refractivity contribution in [1.82, 2.24) is 0 Å². The Bertz CT molecular complexity index is 431. The lowest BCUT2D eigenvalue weighted by atomic mass is 9.81. The van der Waals surface area contributed by atoms with Gasteiger partial charge in [0, 0.05) is 0 Å². The third-order valence-corrected chi connectivity index (χ3v) is 3.18. The Labute approximate surface area is 106 Å². The summed E-state index contributed by atoms with van der Waals surface area (Å²) in [6.45, 7) is 5.88. The Balaban J connectivity index is 3.53. The van der Waals surface area contributed by atoms with E-state index in [1.54, 1.807) is 0 Å². The van der Waals surface area contributed by atoms with Crippen LogP contribution in [0.5, 0.6) is 0 Å². The first kappa shape index (κ1) is 14.2. The SMILES string of the molecule is CCC(c1c(C(=O)O)cccc1C(=O)O)C(C)C. The molecule has 98 valence electrons. The standard InChI is InChI=1S/C14H18O4/c1-4-9(8(2)3)12-10(13(15)16)6-5-7-11(12)14(17)18/h5-9H,4H2,1-3H3,(H,15,16)(H,17,18). The van der Waals surface area contributed by atoms with Gasteiger partial charge in [-0.1, -0.05) is 26.8 Å². The van der Waals surface area contributed by atoms with Gasteiger partial charge in [-0.25, -0.2) is 9.59 Å². The van der Waals surface area contributed by atoms with Gasteiger partial charge in [0.05, 0.1) is 11.1 Å². The van der Waals surface area contributed by atoms with Crippen molar-refractivity contribution in [2.24, 2.45) is 5.92 Å². The molecule has 0 aromatic heterocycles. The molecule has 0 heterocycles. The zero-order valence-electron chi connectivity index (χ0n) is 10.8. The second-order valence-electron chi connectivity index (χ2n) is 4.64. The lowest BCUT2D eigenvalue weighted by Gasteiger charge is -2.23. The van der Waals surface area contributed by atoms with Gasteiger partial charge in [-0.15, -0.1) is 0 Å². The molecule has 2 N–H and O–H groups in total. The fourth-order valence-corrected chi connectivity index (χ4v) is 2.35. The van der Waals surface area contributed by atoms with Crippen molar-refractivity contribution in [2.45, 2.75) is 33.1 Å². The van der Waals surface area contributed by atoms with Gasteiger partial charge in [-0.05, 0) is 36.0 Å². The first-order valence-electron chi connectivity index (χ1n) is 5.99. The van der Waals surface area contributed by atoms with Crippen molar-refractivity contribution in [3.8, 4) is 0 Å². The molecule has 4 nitrogen and oxygen atoms in total. The van der Waals surface area contributed by atoms with Crippen molar-refractivity contribution in [3.63, 3.8) is 0 Å². The average molecular weight is 250 g/mol. The Morgan fingerprint density at radius 3 is 1.83 bits per heavy atom. The van der Waals surface area contributed by atoms with E-state index in [0.717, 1.165) is 0 Å². The normalized spacial score (nSPS) is 12.4. The monoisotopic (exact) mass is 250 g/mol. The predicted molar refractivity (Wildman–Crippen MR) is 68.2 cm³/mol. The number of rotatable bonds is 5. The molecule has 0 bridgehead atoms. The van der Waals surface area contributed by atoms with Gasteiger partial charge < -0.3 is 10.2 Å². The molecule has 4 heteroatoms. The van der Waals surface area contributed by atoms with Gasteiger partial charge >= 0.3 is 11.9 Å². The summed E-state index contributed by atoms with van der Waals surface area (Å²) in [5, 5.41) is 18.4. The Kier molecular flexibility index (Phi) is 4.48. The number of carboxylic acid groups (broad SMARTS) is 2. The third-order valence-electron chi connectivity index (χ3n) is 3.18. The number of aromatic carboxylic acids is 2. The minimum Gasteiger partial charge on any atom is -0.478 e. The topological polar surface area (TPSA) is 74.6 Å². The zero-order chi connectivity index (χ0) is 13.9. The molecule has 1 rings (SSSR count). The number of carbonyl (C=O) groups is 2. The highest BCUT2D eigenvalue weighted by molar-refractivity contribution is 5.97. The molecule has 1 aromatic rings. The summed E-state index contributed by atoms with van der Waals surface area (Å²) in [7, 11) is 0. The second kappa shape index (κ2) is 5.67. The first-order chi connectivity index (χ1) is 8.40. The van der Waals surface area contributed by atoms with Crippen LogP contribution in [0.4, 0.5) is 0 Å². The summed E-state index contributed by atoms with van der Waals surface area (Å²) >= 11 is 0. The number of hydrogen-bond acceptors (Lipinski definition) is 2. The van der Waals surface area contributed by atoms with Crippen LogP contribution in [0.25, 0.3) is 0 Å². The van der Waals surface area contributed by atoms with Crippen molar-refractivity contribution in [2.75, 3.05) is 0 Å². The summed E-state index contributed by atoms with van der Waals surface area (Å²) in [6.07, 6.45) is 0.711. The zero-order valence-corrected chi connectivity index (χ0v) is 10.8. The average Bonchev–Trinajstić information content (AvgIpc) is 2.28. The van der Waals surface area contributed by atoms with Crippen LogP contribution in [0.15, 0.2) is 18.2 Å². The lowest BCUT2D eigenvalue weighted by molar-refractivity contribution is 0.0693. The fourth-order valence-electron chi connectivity index (χ4n) is 2.35. The van der Waals surface area contributed by atoms with Crippen LogP contribution in [-0.4, -0.2) is 22.2 Å². The highest BCUT2D eigenvalue weighted by atomic mass is 16.4. The van der Waals surface area contributed by atoms with Crippen molar-refractivity contribution in [3.05, 3.63) is 34.9 Å². The maximum absolute atomic E-state index is 11.2. The van der Waals surface area contributed by atoms with Crippen molar-refractivity contribution >= 4 is 11.9 Å². The summed E-state index contributed by atoms with van der Waals surface area (Å²) in [5.74, 6) is -2.03. The van der Waals surface area contributed by atoms with Gasteiger partial charge in [-0.3, -0.25) is 0 Å². The van der Waals surface area contributed by atoms with E-state index in [0.29, 0.717) is 12.0 Å². The van der Waals surface area contributed by atoms with E-state index in [-0.39, 0.29) is 23.0 Å². The molecule has 0 saturated carbocycles. The van der Waals surface area contributed by atoms with E-state index in [2.05, 4.69) is 0 Å². The van der Waals surface area contributed by atoms with Crippen molar-refractivity contribution in [1.29, 1.82) is 0 Å². The number of benzene rings is 1. The summed E-state index contributed by atoms with van der Waals surface area (Å²) in [4.78, 5) is 22.5. The molecule has 1 atom stereocenters. The van der Waals surface area contributed by atoms with Crippen LogP contribution in [0.3, 0.4) is 0 Å². The Morgan fingerprint density at radius 2 is 1.56 bits per heavy atom. The molecular formula is C14H18O4. The van der Waals surface area contributed by atoms with Crippen LogP contribution in [0.2, 0.25) is 0 Å². The van der Waals surface area contributed by atoms with E-state index in [1.165, 1.54) is 18.2 Å². The molecule has 0 radical (unpaired) electrons. The predicted octanol–water partition coefficient (Wildman–Crippen LogP) is 3.23.